The van der Waals surface area contributed by atoms with Crippen molar-refractivity contribution in [1.82, 2.24) is 0 Å². The molecular formula is C22H22O2. The van der Waals surface area contributed by atoms with Gasteiger partial charge in [-0.05, 0) is 36.1 Å². The molecule has 2 unspecified atom stereocenters. The van der Waals surface area contributed by atoms with Crippen LogP contribution in [0.1, 0.15) is 31.9 Å². The predicted molar refractivity (Wildman–Crippen MR) is 97.7 cm³/mol. The first kappa shape index (κ1) is 16.3. The number of hydrogen-bond donors (Lipinski definition) is 1. The Morgan fingerprint density at radius 2 is 1.50 bits per heavy atom. The van der Waals surface area contributed by atoms with Gasteiger partial charge in [0.2, 0.25) is 0 Å². The molecule has 3 rings (SSSR count). The maximum atomic E-state index is 12.2. The van der Waals surface area contributed by atoms with Crippen molar-refractivity contribution in [3.8, 4) is 0 Å². The summed E-state index contributed by atoms with van der Waals surface area (Å²) in [6.45, 7) is 6.06. The van der Waals surface area contributed by atoms with Crippen molar-refractivity contribution in [2.75, 3.05) is 0 Å². The molecule has 122 valence electrons. The molecule has 0 aromatic heterocycles. The van der Waals surface area contributed by atoms with E-state index in [1.807, 2.05) is 61.5 Å². The number of hydrogen-bond acceptors (Lipinski definition) is 1. The summed E-state index contributed by atoms with van der Waals surface area (Å²) in [4.78, 5) is 12.2. The normalized spacial score (nSPS) is 23.8. The van der Waals surface area contributed by atoms with Crippen molar-refractivity contribution in [1.29, 1.82) is 0 Å². The summed E-state index contributed by atoms with van der Waals surface area (Å²) in [6, 6.07) is 20.1. The monoisotopic (exact) mass is 318 g/mol. The van der Waals surface area contributed by atoms with E-state index in [2.05, 4.69) is 26.0 Å². The zero-order valence-electron chi connectivity index (χ0n) is 14.3. The molecule has 0 saturated carbocycles. The summed E-state index contributed by atoms with van der Waals surface area (Å²) < 4.78 is 0. The van der Waals surface area contributed by atoms with Crippen LogP contribution in [0.15, 0.2) is 77.9 Å². The Morgan fingerprint density at radius 1 is 0.958 bits per heavy atom. The average molecular weight is 318 g/mol. The number of carbonyl (C=O) groups is 1. The van der Waals surface area contributed by atoms with Gasteiger partial charge >= 0.3 is 5.97 Å². The maximum absolute atomic E-state index is 12.2. The molecule has 0 radical (unpaired) electrons. The van der Waals surface area contributed by atoms with Gasteiger partial charge in [0, 0.05) is 5.41 Å². The van der Waals surface area contributed by atoms with Gasteiger partial charge in [0.15, 0.2) is 0 Å². The highest BCUT2D eigenvalue weighted by Crippen LogP contribution is 2.51. The number of aliphatic carboxylic acids is 1. The minimum absolute atomic E-state index is 0.584. The van der Waals surface area contributed by atoms with Crippen molar-refractivity contribution in [3.63, 3.8) is 0 Å². The molecule has 1 aliphatic rings. The lowest BCUT2D eigenvalue weighted by Gasteiger charge is -2.42. The van der Waals surface area contributed by atoms with Crippen LogP contribution in [0.25, 0.3) is 5.57 Å². The first-order chi connectivity index (χ1) is 11.5. The number of carboxylic acids is 1. The van der Waals surface area contributed by atoms with Crippen LogP contribution in [0.2, 0.25) is 0 Å². The number of rotatable bonds is 3. The van der Waals surface area contributed by atoms with Gasteiger partial charge in [-0.25, -0.2) is 0 Å². The quantitative estimate of drug-likeness (QED) is 0.857. The van der Waals surface area contributed by atoms with Crippen LogP contribution in [0.5, 0.6) is 0 Å². The fourth-order valence-electron chi connectivity index (χ4n) is 4.18. The molecule has 2 heteroatoms. The van der Waals surface area contributed by atoms with Crippen LogP contribution in [0, 0.1) is 5.92 Å². The molecule has 1 N–H and O–H groups in total. The molecule has 0 bridgehead atoms. The average Bonchev–Trinajstić information content (AvgIpc) is 2.55. The number of carboxylic acid groups (broad SMARTS) is 1. The van der Waals surface area contributed by atoms with E-state index >= 15 is 0 Å². The summed E-state index contributed by atoms with van der Waals surface area (Å²) in [6.07, 6.45) is 2.02. The van der Waals surface area contributed by atoms with Crippen LogP contribution >= 0.6 is 0 Å². The summed E-state index contributed by atoms with van der Waals surface area (Å²) in [7, 11) is 0. The Kier molecular flexibility index (Phi) is 4.15. The Labute approximate surface area is 143 Å². The summed E-state index contributed by atoms with van der Waals surface area (Å²) >= 11 is 0. The van der Waals surface area contributed by atoms with Gasteiger partial charge in [-0.2, -0.15) is 0 Å². The van der Waals surface area contributed by atoms with Crippen molar-refractivity contribution < 1.29 is 9.90 Å². The third-order valence-corrected chi connectivity index (χ3v) is 5.07. The van der Waals surface area contributed by atoms with Gasteiger partial charge < -0.3 is 5.11 Å². The molecule has 2 aromatic rings. The van der Waals surface area contributed by atoms with Gasteiger partial charge in [-0.15, -0.1) is 0 Å². The number of benzene rings is 2. The highest BCUT2D eigenvalue weighted by Gasteiger charge is 2.47. The predicted octanol–water partition coefficient (Wildman–Crippen LogP) is 5.08. The molecule has 0 amide bonds. The zero-order valence-corrected chi connectivity index (χ0v) is 14.3. The third kappa shape index (κ3) is 2.48. The van der Waals surface area contributed by atoms with E-state index in [0.717, 1.165) is 27.8 Å². The zero-order chi connectivity index (χ0) is 17.3. The van der Waals surface area contributed by atoms with E-state index in [1.54, 1.807) is 0 Å². The lowest BCUT2D eigenvalue weighted by Crippen LogP contribution is -2.41. The molecule has 0 heterocycles. The molecule has 0 saturated heterocycles. The fourth-order valence-corrected chi connectivity index (χ4v) is 4.18. The minimum atomic E-state index is -0.781. The molecule has 24 heavy (non-hydrogen) atoms. The van der Waals surface area contributed by atoms with Crippen molar-refractivity contribution in [2.45, 2.75) is 26.2 Å². The Balaban J connectivity index is 2.34. The fraction of sp³-hybridized carbons (Fsp3) is 0.227. The second-order valence-electron chi connectivity index (χ2n) is 6.65. The molecule has 2 aromatic carbocycles. The van der Waals surface area contributed by atoms with Crippen molar-refractivity contribution in [2.24, 2.45) is 5.92 Å². The molecule has 1 aliphatic carbocycles. The Hall–Kier alpha value is -2.61. The first-order valence-electron chi connectivity index (χ1n) is 8.19. The highest BCUT2D eigenvalue weighted by molar-refractivity contribution is 5.89. The van der Waals surface area contributed by atoms with Gasteiger partial charge in [0.1, 0.15) is 0 Å². The van der Waals surface area contributed by atoms with E-state index in [9.17, 15) is 9.90 Å². The lowest BCUT2D eigenvalue weighted by molar-refractivity contribution is -0.141. The van der Waals surface area contributed by atoms with Gasteiger partial charge in [0.05, 0.1) is 5.92 Å². The van der Waals surface area contributed by atoms with Crippen molar-refractivity contribution in [3.05, 3.63) is 89.0 Å². The lowest BCUT2D eigenvalue weighted by atomic mass is 9.59. The number of allylic oxidation sites excluding steroid dienone is 3. The summed E-state index contributed by atoms with van der Waals surface area (Å²) in [5.74, 6) is -1.37. The van der Waals surface area contributed by atoms with E-state index in [-0.39, 0.29) is 0 Å². The molecule has 2 atom stereocenters. The molecule has 0 spiro atoms. The topological polar surface area (TPSA) is 37.3 Å². The van der Waals surface area contributed by atoms with Crippen LogP contribution in [0.4, 0.5) is 0 Å². The SMILES string of the molecule is CC1=CC(C)=C(c2ccccc2)C(C)(c2ccccc2)C1C(=O)O. The molecule has 0 aliphatic heterocycles. The smallest absolute Gasteiger partial charge is 0.311 e. The van der Waals surface area contributed by atoms with E-state index in [1.165, 1.54) is 0 Å². The summed E-state index contributed by atoms with van der Waals surface area (Å²) in [5, 5.41) is 9.99. The minimum Gasteiger partial charge on any atom is -0.481 e. The third-order valence-electron chi connectivity index (χ3n) is 5.07. The van der Waals surface area contributed by atoms with E-state index in [4.69, 9.17) is 0 Å². The summed E-state index contributed by atoms with van der Waals surface area (Å²) in [5.41, 5.74) is 4.61. The van der Waals surface area contributed by atoms with Crippen LogP contribution in [0.3, 0.4) is 0 Å². The van der Waals surface area contributed by atoms with Gasteiger partial charge in [-0.3, -0.25) is 4.79 Å². The van der Waals surface area contributed by atoms with Gasteiger partial charge in [-0.1, -0.05) is 79.2 Å². The van der Waals surface area contributed by atoms with E-state index < -0.39 is 17.3 Å². The van der Waals surface area contributed by atoms with Gasteiger partial charge in [0.25, 0.3) is 0 Å². The first-order valence-corrected chi connectivity index (χ1v) is 8.19. The Morgan fingerprint density at radius 3 is 2.04 bits per heavy atom. The van der Waals surface area contributed by atoms with Crippen LogP contribution in [-0.4, -0.2) is 11.1 Å². The Bertz CT molecular complexity index is 816. The molecule has 2 nitrogen and oxygen atoms in total. The largest absolute Gasteiger partial charge is 0.481 e. The van der Waals surface area contributed by atoms with E-state index in [0.29, 0.717) is 0 Å². The highest BCUT2D eigenvalue weighted by atomic mass is 16.4. The molecule has 0 fully saturated rings. The van der Waals surface area contributed by atoms with Crippen LogP contribution in [-0.2, 0) is 10.2 Å². The van der Waals surface area contributed by atoms with Crippen molar-refractivity contribution >= 4 is 11.5 Å². The molecular weight excluding hydrogens is 296 g/mol. The standard InChI is InChI=1S/C22H22O2/c1-15-14-16(2)20(21(23)24)22(3,18-12-8-5-9-13-18)19(15)17-10-6-4-7-11-17/h4-14,20H,1-3H3,(H,23,24). The van der Waals surface area contributed by atoms with Crippen LogP contribution < -0.4 is 0 Å². The second-order valence-corrected chi connectivity index (χ2v) is 6.65. The maximum Gasteiger partial charge on any atom is 0.311 e. The second kappa shape index (κ2) is 6.12.